The second kappa shape index (κ2) is 42.5. The third kappa shape index (κ3) is 21.0. The molecule has 0 saturated carbocycles. The molecule has 0 bridgehead atoms. The molecular weight excluding hydrogens is 1830 g/mol. The first-order valence-corrected chi connectivity index (χ1v) is 52.9. The van der Waals surface area contributed by atoms with Gasteiger partial charge in [-0.2, -0.15) is 20.4 Å². The predicted molar refractivity (Wildman–Crippen MR) is 592 cm³/mol. The highest BCUT2D eigenvalue weighted by atomic mass is 16.2. The molecular formula is C117H126N28O2. The van der Waals surface area contributed by atoms with Crippen LogP contribution in [-0.4, -0.2) is 201 Å². The Balaban J connectivity index is 0.000000108. The van der Waals surface area contributed by atoms with E-state index in [2.05, 4.69) is 275 Å². The number of hydrogen-bond donors (Lipinski definition) is 10. The maximum atomic E-state index is 12.5. The lowest BCUT2D eigenvalue weighted by Crippen LogP contribution is -2.29. The van der Waals surface area contributed by atoms with E-state index in [0.29, 0.717) is 24.2 Å². The van der Waals surface area contributed by atoms with Crippen LogP contribution in [0.25, 0.3) is 178 Å². The zero-order valence-electron chi connectivity index (χ0n) is 84.2. The zero-order chi connectivity index (χ0) is 99.3. The average Bonchev–Trinajstić information content (AvgIpc) is 1.64. The third-order valence-corrected chi connectivity index (χ3v) is 29.5. The lowest BCUT2D eigenvalue weighted by molar-refractivity contribution is -0.118. The van der Waals surface area contributed by atoms with E-state index in [9.17, 15) is 9.59 Å². The number of pyridine rings is 4. The molecule has 26 rings (SSSR count). The zero-order valence-corrected chi connectivity index (χ0v) is 84.2. The summed E-state index contributed by atoms with van der Waals surface area (Å²) in [6, 6.07) is 59.3. The van der Waals surface area contributed by atoms with Crippen LogP contribution in [0.5, 0.6) is 0 Å². The molecule has 12 aromatic heterocycles. The van der Waals surface area contributed by atoms with Crippen molar-refractivity contribution in [3.05, 3.63) is 231 Å². The van der Waals surface area contributed by atoms with Gasteiger partial charge in [0.15, 0.2) is 23.3 Å². The molecule has 30 heteroatoms. The normalized spacial score (nSPS) is 15.6. The maximum absolute atomic E-state index is 12.5. The number of nitrogens with zero attached hydrogens (tertiary/aromatic N) is 18. The smallest absolute Gasteiger partial charge is 0.224 e. The van der Waals surface area contributed by atoms with Gasteiger partial charge in [0.25, 0.3) is 0 Å². The Bertz CT molecular complexity index is 8110. The van der Waals surface area contributed by atoms with Crippen LogP contribution >= 0.6 is 0 Å². The molecule has 30 nitrogen and oxygen atoms in total. The van der Waals surface area contributed by atoms with Crippen LogP contribution in [0.15, 0.2) is 219 Å². The number of piperidine rings is 5. The summed E-state index contributed by atoms with van der Waals surface area (Å²) in [5.74, 6) is 3.08. The lowest BCUT2D eigenvalue weighted by atomic mass is 9.92. The number of rotatable bonds is 21. The molecule has 0 aliphatic carbocycles. The second-order valence-corrected chi connectivity index (χ2v) is 41.5. The van der Waals surface area contributed by atoms with Crippen molar-refractivity contribution >= 4 is 134 Å². The van der Waals surface area contributed by atoms with E-state index in [1.807, 2.05) is 80.5 Å². The van der Waals surface area contributed by atoms with E-state index in [0.717, 1.165) is 250 Å². The summed E-state index contributed by atoms with van der Waals surface area (Å²) in [5, 5.41) is 41.3. The van der Waals surface area contributed by atoms with Crippen molar-refractivity contribution < 1.29 is 9.59 Å². The van der Waals surface area contributed by atoms with E-state index in [1.54, 1.807) is 12.4 Å². The van der Waals surface area contributed by atoms with E-state index >= 15 is 0 Å². The van der Waals surface area contributed by atoms with Crippen molar-refractivity contribution in [2.24, 2.45) is 5.41 Å². The average molecular weight is 1960 g/mol. The molecule has 20 aromatic rings. The van der Waals surface area contributed by atoms with Crippen LogP contribution in [0.2, 0.25) is 0 Å². The summed E-state index contributed by atoms with van der Waals surface area (Å²) < 4.78 is 0. The topological polar surface area (TPSA) is 359 Å². The summed E-state index contributed by atoms with van der Waals surface area (Å²) >= 11 is 0. The first-order valence-electron chi connectivity index (χ1n) is 52.9. The molecule has 0 spiro atoms. The largest absolute Gasteiger partial charge is 0.370 e. The molecule has 6 saturated heterocycles. The maximum Gasteiger partial charge on any atom is 0.224 e. The summed E-state index contributed by atoms with van der Waals surface area (Å²) in [7, 11) is 0. The summed E-state index contributed by atoms with van der Waals surface area (Å²) in [4.78, 5) is 91.5. The molecule has 18 heterocycles. The molecule has 147 heavy (non-hydrogen) atoms. The highest BCUT2D eigenvalue weighted by molar-refractivity contribution is 6.04. The molecule has 0 atom stereocenters. The number of imidazole rings is 4. The van der Waals surface area contributed by atoms with E-state index in [1.165, 1.54) is 169 Å². The quantitative estimate of drug-likeness (QED) is 0.0319. The fourth-order valence-electron chi connectivity index (χ4n) is 22.1. The molecule has 6 aliphatic heterocycles. The van der Waals surface area contributed by atoms with Gasteiger partial charge >= 0.3 is 0 Å². The molecule has 0 unspecified atom stereocenters. The SMILES string of the molecule is CC(C)(C)CC(=O)Nc1cncc(-c2ccc3[nH]nc(-c4nc5c(N6CCCCC6)cccc5[nH]4)c3c2)c1.CCCC(=O)Nc1cncc(-c2ccc3[nH]nc(-c4nc5c(N6CCCCC6)cccc5[nH]4)c3c2)c1.c1cc(N2CCCCC2)c2nc(-c3n[nH]c4ccc(-c5cncc(CN6CCCC6)c5)cc34)[nH]c2c1.c1cc(N2CCCCC2)c2nc(-c3n[nH]c4ccc(-c5cncc(CN6CCCCC6)c5)cc34)[nH]c2c1. The number of para-hydroxylation sites is 4. The van der Waals surface area contributed by atoms with Crippen molar-refractivity contribution in [3.63, 3.8) is 0 Å². The molecule has 0 radical (unpaired) electrons. The number of nitrogens with one attached hydrogen (secondary N) is 10. The Morgan fingerprint density at radius 3 is 0.878 bits per heavy atom. The van der Waals surface area contributed by atoms with Gasteiger partial charge in [-0.15, -0.1) is 0 Å². The van der Waals surface area contributed by atoms with Gasteiger partial charge in [0.2, 0.25) is 11.8 Å². The van der Waals surface area contributed by atoms with Crippen LogP contribution in [-0.2, 0) is 22.7 Å². The Hall–Kier alpha value is -15.8. The highest BCUT2D eigenvalue weighted by Gasteiger charge is 2.28. The van der Waals surface area contributed by atoms with Gasteiger partial charge < -0.3 is 50.2 Å². The summed E-state index contributed by atoms with van der Waals surface area (Å²) in [6.07, 6.45) is 38.3. The molecule has 746 valence electrons. The van der Waals surface area contributed by atoms with Gasteiger partial charge in [0.05, 0.1) is 90.7 Å². The van der Waals surface area contributed by atoms with Crippen molar-refractivity contribution in [2.45, 2.75) is 169 Å². The number of aromatic nitrogens is 20. The minimum Gasteiger partial charge on any atom is -0.370 e. The Morgan fingerprint density at radius 2 is 0.578 bits per heavy atom. The number of hydrogen-bond acceptors (Lipinski definition) is 20. The Labute approximate surface area is 853 Å². The van der Waals surface area contributed by atoms with Crippen molar-refractivity contribution in [3.8, 4) is 90.6 Å². The number of carbonyl (C=O) groups is 2. The standard InChI is InChI=1S/C30H33N7O.C30H33N7.C29H31N7.C28H29N7O/c1-30(2,3)16-26(38)32-21-14-20(17-31-18-21)19-10-11-23-22(15-19)27(36-35-23)29-33-24-8-7-9-25(28(24)34-29)37-12-5-4-6-13-37;1-3-12-36(13-4-1)20-21-16-23(19-31-18-21)22-10-11-25-24(17-22)28(35-34-25)30-32-26-8-7-9-27(29(26)33-30)37-14-5-2-6-15-37;1-2-13-36(14-3-1)26-8-6-7-25-28(26)32-29(31-25)27-23-16-21(9-10-24(23)33-34-27)22-15-20(17-30-18-22)19-35-11-4-5-12-35;1-2-7-25(36)30-20-14-19(16-29-17-20)18-10-11-22-21(15-18)26(34-33-22)28-31-23-8-6-9-24(27(23)32-28)35-12-4-3-5-13-35/h7-11,14-15,17-18H,4-6,12-13,16H2,1-3H3,(H,32,38)(H,33,34)(H,35,36);7-11,16-19H,1-6,12-15,20H2,(H,32,33)(H,34,35);6-10,15-18H,1-5,11-14,19H2,(H,31,32)(H,33,34);6,8-11,14-17H,2-5,7,12-13H2,1H3,(H,30,36)(H,31,32)(H,33,34). The van der Waals surface area contributed by atoms with E-state index < -0.39 is 0 Å². The van der Waals surface area contributed by atoms with Crippen LogP contribution < -0.4 is 30.2 Å². The van der Waals surface area contributed by atoms with Crippen molar-refractivity contribution in [1.29, 1.82) is 0 Å². The third-order valence-electron chi connectivity index (χ3n) is 29.5. The van der Waals surface area contributed by atoms with Crippen LogP contribution in [0, 0.1) is 5.41 Å². The molecule has 2 amide bonds. The summed E-state index contributed by atoms with van der Waals surface area (Å²) in [5.41, 5.74) is 32.4. The molecule has 8 aromatic carbocycles. The number of anilines is 6. The number of aromatic amines is 8. The van der Waals surface area contributed by atoms with Crippen LogP contribution in [0.4, 0.5) is 34.1 Å². The number of carbonyl (C=O) groups excluding carboxylic acids is 2. The van der Waals surface area contributed by atoms with Gasteiger partial charge in [-0.3, -0.25) is 59.7 Å². The van der Waals surface area contributed by atoms with Gasteiger partial charge in [0, 0.05) is 159 Å². The number of benzene rings is 8. The Kier molecular flexibility index (Phi) is 27.4. The fourth-order valence-corrected chi connectivity index (χ4v) is 22.1. The monoisotopic (exact) mass is 1960 g/mol. The highest BCUT2D eigenvalue weighted by Crippen LogP contribution is 2.42. The Morgan fingerprint density at radius 1 is 0.299 bits per heavy atom. The fraction of sp³-hybridized carbons (Fsp3) is 0.333. The van der Waals surface area contributed by atoms with Crippen LogP contribution in [0.1, 0.15) is 167 Å². The van der Waals surface area contributed by atoms with Crippen molar-refractivity contribution in [1.82, 2.24) is 110 Å². The van der Waals surface area contributed by atoms with Gasteiger partial charge in [-0.25, -0.2) is 19.9 Å². The first kappa shape index (κ1) is 94.7. The van der Waals surface area contributed by atoms with Gasteiger partial charge in [-0.1, -0.05) is 82.6 Å². The molecule has 6 aliphatic rings. The second-order valence-electron chi connectivity index (χ2n) is 41.5. The van der Waals surface area contributed by atoms with Crippen LogP contribution in [0.3, 0.4) is 0 Å². The van der Waals surface area contributed by atoms with Gasteiger partial charge in [0.1, 0.15) is 44.8 Å². The minimum absolute atomic E-state index is 0.00201. The minimum atomic E-state index is -0.0803. The predicted octanol–water partition coefficient (Wildman–Crippen LogP) is 24.3. The first-order chi connectivity index (χ1) is 72.2. The lowest BCUT2D eigenvalue weighted by Gasteiger charge is -2.28. The van der Waals surface area contributed by atoms with Gasteiger partial charge in [-0.05, 0) is 295 Å². The number of fused-ring (bicyclic) bond motifs is 8. The van der Waals surface area contributed by atoms with Crippen molar-refractivity contribution in [2.75, 3.05) is 109 Å². The number of H-pyrrole nitrogens is 8. The molecule has 6 fully saturated rings. The van der Waals surface area contributed by atoms with E-state index in [4.69, 9.17) is 19.9 Å². The van der Waals surface area contributed by atoms with E-state index in [-0.39, 0.29) is 17.2 Å². The number of likely N-dealkylation sites (tertiary alicyclic amines) is 2. The molecule has 10 N–H and O–H groups in total. The summed E-state index contributed by atoms with van der Waals surface area (Å²) in [6.45, 7) is 23.5. The number of amides is 2.